The van der Waals surface area contributed by atoms with E-state index in [1.54, 1.807) is 41.5 Å². The van der Waals surface area contributed by atoms with Crippen LogP contribution in [-0.4, -0.2) is 126 Å². The van der Waals surface area contributed by atoms with E-state index in [0.717, 1.165) is 20.3 Å². The molecule has 278 valence electrons. The monoisotopic (exact) mass is 692 g/mol. The number of nitrogens with zero attached hydrogens (tertiary/aromatic N) is 4. The molecule has 2 atom stereocenters. The van der Waals surface area contributed by atoms with Crippen LogP contribution in [-0.2, 0) is 33.4 Å². The lowest BCUT2D eigenvalue weighted by Gasteiger charge is -2.30. The highest BCUT2D eigenvalue weighted by Crippen LogP contribution is 2.16. The molecule has 0 saturated heterocycles. The molecule has 7 N–H and O–H groups in total. The summed E-state index contributed by atoms with van der Waals surface area (Å²) in [6, 6.07) is -1.29. The number of esters is 2. The van der Waals surface area contributed by atoms with E-state index in [0.29, 0.717) is 38.5 Å². The van der Waals surface area contributed by atoms with Crippen molar-refractivity contribution in [3.63, 3.8) is 0 Å². The van der Waals surface area contributed by atoms with Gasteiger partial charge in [-0.15, -0.1) is 0 Å². The molecule has 0 aliphatic heterocycles. The Kier molecular flexibility index (Phi) is 22.0. The third kappa shape index (κ3) is 20.0. The van der Waals surface area contributed by atoms with Crippen LogP contribution in [0, 0.1) is 0 Å². The number of nitrogens with two attached hydrogens (primary N) is 2. The molecule has 0 aliphatic rings. The predicted octanol–water partition coefficient (Wildman–Crippen LogP) is 2.03. The molecule has 48 heavy (non-hydrogen) atoms. The first-order valence-corrected chi connectivity index (χ1v) is 15.2. The van der Waals surface area contributed by atoms with E-state index < -0.39 is 53.2 Å². The normalized spacial score (nSPS) is 13.6. The molecule has 0 heterocycles. The predicted molar refractivity (Wildman–Crippen MR) is 176 cm³/mol. The fraction of sp³-hybridized carbons (Fsp3) is 0.733. The molecule has 2 amide bonds. The van der Waals surface area contributed by atoms with E-state index in [4.69, 9.17) is 41.2 Å². The van der Waals surface area contributed by atoms with Crippen molar-refractivity contribution < 1.29 is 58.4 Å². The fourth-order valence-corrected chi connectivity index (χ4v) is 3.52. The average molecular weight is 693 g/mol. The van der Waals surface area contributed by atoms with Crippen LogP contribution in [0.3, 0.4) is 0 Å². The SMILES string of the molecule is CN(C(=O)OC(C)(C)C)C(CCCCO)C(N)=NO.COC(=O)C=C(ON=C(N)C(CCCCO)N(C)C(=O)OC(C)(C)C)C(=O)OC. The smallest absolute Gasteiger partial charge is 0.410 e. The molecule has 0 aromatic heterocycles. The Morgan fingerprint density at radius 3 is 1.50 bits per heavy atom. The van der Waals surface area contributed by atoms with Crippen LogP contribution >= 0.6 is 0 Å². The minimum Gasteiger partial charge on any atom is -0.466 e. The van der Waals surface area contributed by atoms with Crippen molar-refractivity contribution >= 4 is 35.8 Å². The van der Waals surface area contributed by atoms with Crippen molar-refractivity contribution in [2.75, 3.05) is 41.5 Å². The Morgan fingerprint density at radius 2 is 1.17 bits per heavy atom. The molecule has 0 aliphatic carbocycles. The molecule has 0 aromatic carbocycles. The Labute approximate surface area is 282 Å². The van der Waals surface area contributed by atoms with Gasteiger partial charge in [0, 0.05) is 27.3 Å². The highest BCUT2D eigenvalue weighted by atomic mass is 16.7. The summed E-state index contributed by atoms with van der Waals surface area (Å²) < 4.78 is 19.5. The van der Waals surface area contributed by atoms with E-state index in [2.05, 4.69) is 19.8 Å². The van der Waals surface area contributed by atoms with Crippen molar-refractivity contribution in [1.29, 1.82) is 0 Å². The second kappa shape index (κ2) is 23.1. The maximum absolute atomic E-state index is 12.4. The number of unbranched alkanes of at least 4 members (excludes halogenated alkanes) is 2. The number of amides is 2. The lowest BCUT2D eigenvalue weighted by atomic mass is 10.1. The summed E-state index contributed by atoms with van der Waals surface area (Å²) in [6.45, 7) is 10.5. The quantitative estimate of drug-likeness (QED) is 0.0179. The van der Waals surface area contributed by atoms with Crippen LogP contribution in [0.25, 0.3) is 0 Å². The van der Waals surface area contributed by atoms with Gasteiger partial charge in [0.2, 0.25) is 5.76 Å². The number of aliphatic hydroxyl groups is 2. The van der Waals surface area contributed by atoms with Gasteiger partial charge < -0.3 is 60.5 Å². The molecule has 0 aromatic rings. The Balaban J connectivity index is 0. The van der Waals surface area contributed by atoms with Crippen LogP contribution in [0.15, 0.2) is 22.1 Å². The summed E-state index contributed by atoms with van der Waals surface area (Å²) in [5.74, 6) is -2.56. The van der Waals surface area contributed by atoms with Crippen LogP contribution in [0.1, 0.15) is 80.1 Å². The van der Waals surface area contributed by atoms with E-state index in [1.807, 2.05) is 0 Å². The Morgan fingerprint density at radius 1 is 0.750 bits per heavy atom. The first-order valence-electron chi connectivity index (χ1n) is 15.2. The number of hydrogen-bond donors (Lipinski definition) is 5. The number of ether oxygens (including phenoxy) is 4. The van der Waals surface area contributed by atoms with Gasteiger partial charge in [-0.1, -0.05) is 10.3 Å². The third-order valence-corrected chi connectivity index (χ3v) is 5.95. The molecule has 2 unspecified atom stereocenters. The van der Waals surface area contributed by atoms with Gasteiger partial charge in [0.1, 0.15) is 11.2 Å². The number of oxime groups is 2. The third-order valence-electron chi connectivity index (χ3n) is 5.95. The van der Waals surface area contributed by atoms with Gasteiger partial charge in [-0.05, 0) is 80.1 Å². The second-order valence-corrected chi connectivity index (χ2v) is 12.3. The Bertz CT molecular complexity index is 1100. The summed E-state index contributed by atoms with van der Waals surface area (Å²) in [6.07, 6.45) is 2.70. The molecule has 18 nitrogen and oxygen atoms in total. The molecule has 0 bridgehead atoms. The molecule has 0 fully saturated rings. The number of carbonyl (C=O) groups excluding carboxylic acids is 4. The lowest BCUT2D eigenvalue weighted by molar-refractivity contribution is -0.142. The van der Waals surface area contributed by atoms with Gasteiger partial charge in [-0.2, -0.15) is 0 Å². The van der Waals surface area contributed by atoms with Crippen molar-refractivity contribution in [3.05, 3.63) is 11.8 Å². The maximum atomic E-state index is 12.4. The topological polar surface area (TPSA) is 258 Å². The Hall–Kier alpha value is -4.32. The van der Waals surface area contributed by atoms with Crippen LogP contribution < -0.4 is 11.5 Å². The molecular formula is C30H56N6O12. The van der Waals surface area contributed by atoms with Crippen molar-refractivity contribution in [3.8, 4) is 0 Å². The number of likely N-dealkylation sites (N-methyl/N-ethyl adjacent to an activating group) is 2. The van der Waals surface area contributed by atoms with Crippen molar-refractivity contribution in [1.82, 2.24) is 9.80 Å². The summed E-state index contributed by atoms with van der Waals surface area (Å²) in [4.78, 5) is 54.9. The number of carbonyl (C=O) groups is 4. The molecular weight excluding hydrogens is 636 g/mol. The minimum absolute atomic E-state index is 0.0230. The summed E-state index contributed by atoms with van der Waals surface area (Å²) in [5.41, 5.74) is 10.2. The molecule has 0 saturated carbocycles. The lowest BCUT2D eigenvalue weighted by Crippen LogP contribution is -2.47. The first kappa shape index (κ1) is 45.8. The molecule has 0 rings (SSSR count). The van der Waals surface area contributed by atoms with Gasteiger partial charge in [0.25, 0.3) is 0 Å². The maximum Gasteiger partial charge on any atom is 0.410 e. The first-order chi connectivity index (χ1) is 22.2. The number of methoxy groups -OCH3 is 2. The average Bonchev–Trinajstić information content (AvgIpc) is 3.00. The minimum atomic E-state index is -0.968. The summed E-state index contributed by atoms with van der Waals surface area (Å²) in [5, 5.41) is 33.1. The zero-order valence-corrected chi connectivity index (χ0v) is 29.8. The number of amidine groups is 2. The molecule has 18 heteroatoms. The van der Waals surface area contributed by atoms with Gasteiger partial charge in [-0.3, -0.25) is 0 Å². The van der Waals surface area contributed by atoms with Crippen molar-refractivity contribution in [2.45, 2.75) is 103 Å². The van der Waals surface area contributed by atoms with Gasteiger partial charge in [0.05, 0.1) is 32.4 Å². The van der Waals surface area contributed by atoms with E-state index in [-0.39, 0.29) is 24.9 Å². The van der Waals surface area contributed by atoms with Crippen molar-refractivity contribution in [2.24, 2.45) is 21.8 Å². The largest absolute Gasteiger partial charge is 0.466 e. The second-order valence-electron chi connectivity index (χ2n) is 12.3. The van der Waals surface area contributed by atoms with Gasteiger partial charge in [-0.25, -0.2) is 19.2 Å². The van der Waals surface area contributed by atoms with Gasteiger partial charge >= 0.3 is 24.1 Å². The van der Waals surface area contributed by atoms with Crippen LogP contribution in [0.4, 0.5) is 9.59 Å². The standard InChI is InChI=1S/C18H31N3O8.C12H25N3O4/c1-18(2,3)28-17(25)21(4)12(9-7-8-10-22)15(19)20-29-13(16(24)27-6)11-14(23)26-5;1-12(2,3)19-11(17)15(4)9(10(13)14-18)7-5-6-8-16/h11-12,22H,7-10H2,1-6H3,(H2,19,20);9,16,18H,5-8H2,1-4H3,(H2,13,14). The fourth-order valence-electron chi connectivity index (χ4n) is 3.52. The van der Waals surface area contributed by atoms with Crippen LogP contribution in [0.2, 0.25) is 0 Å². The molecule has 0 radical (unpaired) electrons. The van der Waals surface area contributed by atoms with E-state index >= 15 is 0 Å². The summed E-state index contributed by atoms with van der Waals surface area (Å²) in [7, 11) is 5.23. The highest BCUT2D eigenvalue weighted by molar-refractivity contribution is 5.95. The highest BCUT2D eigenvalue weighted by Gasteiger charge is 2.29. The van der Waals surface area contributed by atoms with Gasteiger partial charge in [0.15, 0.2) is 11.7 Å². The zero-order valence-electron chi connectivity index (χ0n) is 29.8. The zero-order chi connectivity index (χ0) is 37.7. The number of aliphatic hydroxyl groups excluding tert-OH is 2. The van der Waals surface area contributed by atoms with E-state index in [9.17, 15) is 19.2 Å². The molecule has 0 spiro atoms. The van der Waals surface area contributed by atoms with Crippen LogP contribution in [0.5, 0.6) is 0 Å². The van der Waals surface area contributed by atoms with E-state index in [1.165, 1.54) is 23.9 Å². The number of rotatable bonds is 16. The number of hydrogen-bond acceptors (Lipinski definition) is 14. The summed E-state index contributed by atoms with van der Waals surface area (Å²) >= 11 is 0.